The second-order valence-corrected chi connectivity index (χ2v) is 11.2. The van der Waals surface area contributed by atoms with Gasteiger partial charge >= 0.3 is 0 Å². The van der Waals surface area contributed by atoms with Crippen molar-refractivity contribution in [3.05, 3.63) is 57.1 Å². The summed E-state index contributed by atoms with van der Waals surface area (Å²) in [7, 11) is -5.80. The molecule has 2 aromatic rings. The van der Waals surface area contributed by atoms with Gasteiger partial charge in [-0.2, -0.15) is 4.31 Å². The summed E-state index contributed by atoms with van der Waals surface area (Å²) >= 11 is 12.4. The predicted molar refractivity (Wildman–Crippen MR) is 109 cm³/mol. The standard InChI is InChI=1S/C18H21Cl2NO4S2/c1-11-10-16(19)12(2)18(17(11)20)27(24,25)21(4)13(3)14-6-8-15(9-7-14)26(5,22)23/h6-10,13H,1-5H3. The molecule has 0 aliphatic carbocycles. The Balaban J connectivity index is 2.49. The first-order valence-electron chi connectivity index (χ1n) is 8.01. The molecule has 0 fully saturated rings. The molecule has 0 spiro atoms. The Labute approximate surface area is 170 Å². The molecule has 1 atom stereocenters. The minimum absolute atomic E-state index is 0.0173. The van der Waals surface area contributed by atoms with Gasteiger partial charge in [-0.15, -0.1) is 0 Å². The molecule has 0 saturated carbocycles. The average molecular weight is 450 g/mol. The zero-order valence-corrected chi connectivity index (χ0v) is 18.8. The van der Waals surface area contributed by atoms with Crippen LogP contribution in [0.25, 0.3) is 0 Å². The summed E-state index contributed by atoms with van der Waals surface area (Å²) in [4.78, 5) is 0.157. The van der Waals surface area contributed by atoms with E-state index in [4.69, 9.17) is 23.2 Å². The van der Waals surface area contributed by atoms with E-state index in [0.717, 1.165) is 6.26 Å². The van der Waals surface area contributed by atoms with Gasteiger partial charge < -0.3 is 0 Å². The highest BCUT2D eigenvalue weighted by atomic mass is 35.5. The van der Waals surface area contributed by atoms with Gasteiger partial charge in [0.05, 0.1) is 9.92 Å². The molecule has 0 aromatic heterocycles. The number of benzene rings is 2. The lowest BCUT2D eigenvalue weighted by Gasteiger charge is -2.26. The van der Waals surface area contributed by atoms with Crippen molar-refractivity contribution in [2.75, 3.05) is 13.3 Å². The molecule has 148 valence electrons. The third-order valence-electron chi connectivity index (χ3n) is 4.56. The van der Waals surface area contributed by atoms with E-state index in [0.29, 0.717) is 21.7 Å². The van der Waals surface area contributed by atoms with E-state index in [1.807, 2.05) is 0 Å². The summed E-state index contributed by atoms with van der Waals surface area (Å²) in [6, 6.07) is 7.21. The third-order valence-corrected chi connectivity index (χ3v) is 8.78. The lowest BCUT2D eigenvalue weighted by molar-refractivity contribution is 0.398. The highest BCUT2D eigenvalue weighted by Crippen LogP contribution is 2.37. The van der Waals surface area contributed by atoms with Crippen LogP contribution in [0, 0.1) is 13.8 Å². The van der Waals surface area contributed by atoms with Crippen LogP contribution in [0.3, 0.4) is 0 Å². The van der Waals surface area contributed by atoms with Crippen LogP contribution in [-0.2, 0) is 19.9 Å². The molecule has 0 saturated heterocycles. The Morgan fingerprint density at radius 1 is 1.00 bits per heavy atom. The molecule has 0 aliphatic heterocycles. The second kappa shape index (κ2) is 7.72. The Hall–Kier alpha value is -1.12. The van der Waals surface area contributed by atoms with Crippen LogP contribution in [-0.4, -0.2) is 34.4 Å². The van der Waals surface area contributed by atoms with E-state index in [-0.39, 0.29) is 14.8 Å². The first-order chi connectivity index (χ1) is 12.3. The van der Waals surface area contributed by atoms with Gasteiger partial charge in [-0.1, -0.05) is 35.3 Å². The van der Waals surface area contributed by atoms with E-state index in [2.05, 4.69) is 0 Å². The van der Waals surface area contributed by atoms with Crippen LogP contribution in [0.2, 0.25) is 10.0 Å². The number of hydrogen-bond acceptors (Lipinski definition) is 4. The maximum atomic E-state index is 13.2. The maximum absolute atomic E-state index is 13.2. The first kappa shape index (κ1) is 22.2. The van der Waals surface area contributed by atoms with Crippen LogP contribution in [0.15, 0.2) is 40.1 Å². The molecule has 2 aromatic carbocycles. The summed E-state index contributed by atoms with van der Waals surface area (Å²) in [5, 5.41) is 0.470. The molecule has 9 heteroatoms. The number of sulfone groups is 1. The zero-order valence-electron chi connectivity index (χ0n) is 15.6. The molecule has 0 heterocycles. The number of nitrogens with zero attached hydrogens (tertiary/aromatic N) is 1. The maximum Gasteiger partial charge on any atom is 0.245 e. The fourth-order valence-electron chi connectivity index (χ4n) is 2.68. The summed E-state index contributed by atoms with van der Waals surface area (Å²) in [6.07, 6.45) is 1.12. The van der Waals surface area contributed by atoms with Crippen molar-refractivity contribution in [1.29, 1.82) is 0 Å². The van der Waals surface area contributed by atoms with E-state index < -0.39 is 25.9 Å². The van der Waals surface area contributed by atoms with Gasteiger partial charge in [0, 0.05) is 24.4 Å². The van der Waals surface area contributed by atoms with Crippen molar-refractivity contribution in [3.63, 3.8) is 0 Å². The molecular weight excluding hydrogens is 429 g/mol. The molecule has 5 nitrogen and oxygen atoms in total. The normalized spacial score (nSPS) is 13.8. The van der Waals surface area contributed by atoms with Gasteiger partial charge in [0.2, 0.25) is 10.0 Å². The highest BCUT2D eigenvalue weighted by molar-refractivity contribution is 7.90. The molecular formula is C18H21Cl2NO4S2. The largest absolute Gasteiger partial charge is 0.245 e. The number of rotatable bonds is 5. The Morgan fingerprint density at radius 3 is 2.00 bits per heavy atom. The molecule has 0 amide bonds. The number of aryl methyl sites for hydroxylation is 1. The minimum Gasteiger partial charge on any atom is -0.224 e. The second-order valence-electron chi connectivity index (χ2n) is 6.48. The van der Waals surface area contributed by atoms with Gasteiger partial charge in [0.15, 0.2) is 9.84 Å². The summed E-state index contributed by atoms with van der Waals surface area (Å²) in [5.41, 5.74) is 1.61. The predicted octanol–water partition coefficient (Wildman–Crippen LogP) is 4.40. The number of hydrogen-bond donors (Lipinski definition) is 0. The van der Waals surface area contributed by atoms with Crippen LogP contribution in [0.5, 0.6) is 0 Å². The molecule has 27 heavy (non-hydrogen) atoms. The van der Waals surface area contributed by atoms with Crippen molar-refractivity contribution in [1.82, 2.24) is 4.31 Å². The summed E-state index contributed by atoms with van der Waals surface area (Å²) in [6.45, 7) is 5.02. The van der Waals surface area contributed by atoms with Crippen LogP contribution in [0.4, 0.5) is 0 Å². The molecule has 0 bridgehead atoms. The van der Waals surface area contributed by atoms with Crippen molar-refractivity contribution in [3.8, 4) is 0 Å². The van der Waals surface area contributed by atoms with Crippen molar-refractivity contribution >= 4 is 43.1 Å². The quantitative estimate of drug-likeness (QED) is 0.677. The van der Waals surface area contributed by atoms with Gasteiger partial charge in [-0.05, 0) is 55.7 Å². The van der Waals surface area contributed by atoms with E-state index in [9.17, 15) is 16.8 Å². The monoisotopic (exact) mass is 449 g/mol. The smallest absolute Gasteiger partial charge is 0.224 e. The molecule has 2 rings (SSSR count). The Morgan fingerprint density at radius 2 is 1.52 bits per heavy atom. The first-order valence-corrected chi connectivity index (χ1v) is 12.1. The van der Waals surface area contributed by atoms with Crippen molar-refractivity contribution in [2.45, 2.75) is 36.6 Å². The van der Waals surface area contributed by atoms with Gasteiger partial charge in [0.1, 0.15) is 4.90 Å². The third kappa shape index (κ3) is 4.32. The van der Waals surface area contributed by atoms with Crippen LogP contribution in [0.1, 0.15) is 29.7 Å². The fraction of sp³-hybridized carbons (Fsp3) is 0.333. The SMILES string of the molecule is Cc1cc(Cl)c(C)c(S(=O)(=O)N(C)C(C)c2ccc(S(C)(=O)=O)cc2)c1Cl. The lowest BCUT2D eigenvalue weighted by Crippen LogP contribution is -2.30. The Kier molecular flexibility index (Phi) is 6.34. The Bertz CT molecular complexity index is 1050. The van der Waals surface area contributed by atoms with E-state index >= 15 is 0 Å². The van der Waals surface area contributed by atoms with E-state index in [1.54, 1.807) is 39.0 Å². The number of sulfonamides is 1. The summed E-state index contributed by atoms with van der Waals surface area (Å²) < 4.78 is 50.8. The lowest BCUT2D eigenvalue weighted by atomic mass is 10.1. The minimum atomic E-state index is -3.93. The molecule has 1 unspecified atom stereocenters. The van der Waals surface area contributed by atoms with Gasteiger partial charge in [-0.3, -0.25) is 0 Å². The van der Waals surface area contributed by atoms with Crippen molar-refractivity contribution in [2.24, 2.45) is 0 Å². The molecule has 0 N–H and O–H groups in total. The van der Waals surface area contributed by atoms with E-state index in [1.165, 1.54) is 23.5 Å². The summed E-state index contributed by atoms with van der Waals surface area (Å²) in [5.74, 6) is 0. The average Bonchev–Trinajstić information content (AvgIpc) is 2.58. The van der Waals surface area contributed by atoms with Crippen LogP contribution < -0.4 is 0 Å². The van der Waals surface area contributed by atoms with Crippen molar-refractivity contribution < 1.29 is 16.8 Å². The zero-order chi connectivity index (χ0) is 20.7. The molecule has 0 radical (unpaired) electrons. The van der Waals surface area contributed by atoms with Crippen LogP contribution >= 0.6 is 23.2 Å². The highest BCUT2D eigenvalue weighted by Gasteiger charge is 2.31. The molecule has 0 aliphatic rings. The fourth-order valence-corrected chi connectivity index (χ4v) is 5.82. The number of halogens is 2. The van der Waals surface area contributed by atoms with Gasteiger partial charge in [0.25, 0.3) is 0 Å². The topological polar surface area (TPSA) is 71.5 Å². The van der Waals surface area contributed by atoms with Gasteiger partial charge in [-0.25, -0.2) is 16.8 Å².